The zero-order valence-corrected chi connectivity index (χ0v) is 27.0. The van der Waals surface area contributed by atoms with E-state index in [9.17, 15) is 14.0 Å². The Morgan fingerprint density at radius 1 is 1.07 bits per heavy atom. The number of allylic oxidation sites excluding steroid dienone is 1. The van der Waals surface area contributed by atoms with Crippen molar-refractivity contribution in [1.82, 2.24) is 5.32 Å². The van der Waals surface area contributed by atoms with Gasteiger partial charge in [-0.25, -0.2) is 8.78 Å². The largest absolute Gasteiger partial charge is 0.455 e. The van der Waals surface area contributed by atoms with Gasteiger partial charge in [0.25, 0.3) is 0 Å². The standard InChI is InChI=1S/C37H51F2NO3/c1-22(2)27-13-16-34(6)28(33(27,5)15-14-30(41)40-21-25-8-10-26(38)11-9-25)20-29(39)37-31-24(4)23(3)12-17-36(31,32(42)43-37)19-18-35(34,37)7/h8-11,23-24,27-29,31H,1,12-21H2,2-7H3,(H,40,41)/t23-,24+,27+,28-,29-,31-,33+,34-,35+,36+,37?/m1/s1. The molecule has 6 heteroatoms. The van der Waals surface area contributed by atoms with E-state index in [2.05, 4.69) is 53.4 Å². The van der Waals surface area contributed by atoms with E-state index in [1.54, 1.807) is 12.1 Å². The Bertz CT molecular complexity index is 1310. The fourth-order valence-corrected chi connectivity index (χ4v) is 11.8. The first-order valence-electron chi connectivity index (χ1n) is 16.7. The lowest BCUT2D eigenvalue weighted by Gasteiger charge is -2.73. The van der Waals surface area contributed by atoms with Gasteiger partial charge in [0.2, 0.25) is 5.91 Å². The number of hydrogen-bond acceptors (Lipinski definition) is 3. The van der Waals surface area contributed by atoms with Crippen LogP contribution in [0.1, 0.15) is 105 Å². The minimum Gasteiger partial charge on any atom is -0.455 e. The molecule has 6 rings (SSSR count). The molecule has 11 atom stereocenters. The molecule has 0 radical (unpaired) electrons. The SMILES string of the molecule is C=C(C)[C@@H]1CC[C@]2(C)[C@H](C[C@@H](F)C34OC(=O)[C@@]5(CC[C@@H](C)[C@H](C)[C@@H]35)CC[C@]42C)[C@@]1(C)CCC(=O)NCc1ccc(F)cc1. The monoisotopic (exact) mass is 595 g/mol. The number of fused-ring (bicyclic) bond motifs is 2. The molecule has 1 unspecified atom stereocenters. The van der Waals surface area contributed by atoms with Crippen molar-refractivity contribution in [3.05, 3.63) is 47.8 Å². The summed E-state index contributed by atoms with van der Waals surface area (Å²) in [5.41, 5.74) is -0.767. The predicted octanol–water partition coefficient (Wildman–Crippen LogP) is 8.34. The van der Waals surface area contributed by atoms with Gasteiger partial charge in [-0.15, -0.1) is 0 Å². The number of alkyl halides is 1. The Labute approximate surface area is 256 Å². The number of carbonyl (C=O) groups excluding carboxylic acids is 2. The maximum atomic E-state index is 17.4. The van der Waals surface area contributed by atoms with Crippen LogP contribution in [-0.2, 0) is 20.9 Å². The maximum absolute atomic E-state index is 17.4. The number of hydrogen-bond donors (Lipinski definition) is 1. The molecule has 1 aromatic rings. The van der Waals surface area contributed by atoms with E-state index >= 15 is 4.39 Å². The van der Waals surface area contributed by atoms with Crippen LogP contribution in [-0.4, -0.2) is 23.6 Å². The summed E-state index contributed by atoms with van der Waals surface area (Å²) in [5, 5.41) is 3.01. The Kier molecular flexibility index (Phi) is 7.25. The molecule has 5 aliphatic rings. The first kappa shape index (κ1) is 30.8. The van der Waals surface area contributed by atoms with E-state index in [1.807, 2.05) is 0 Å². The van der Waals surface area contributed by atoms with Crippen molar-refractivity contribution in [2.24, 2.45) is 51.2 Å². The Balaban J connectivity index is 1.32. The first-order valence-corrected chi connectivity index (χ1v) is 16.7. The lowest BCUT2D eigenvalue weighted by Crippen LogP contribution is -2.75. The van der Waals surface area contributed by atoms with Gasteiger partial charge in [0, 0.05) is 24.3 Å². The molecule has 1 aliphatic heterocycles. The van der Waals surface area contributed by atoms with Crippen LogP contribution in [0.5, 0.6) is 0 Å². The average molecular weight is 596 g/mol. The normalized spacial score (nSPS) is 46.7. The zero-order chi connectivity index (χ0) is 31.2. The second-order valence-corrected chi connectivity index (χ2v) is 16.0. The summed E-state index contributed by atoms with van der Waals surface area (Å²) >= 11 is 0. The highest BCUT2D eigenvalue weighted by atomic mass is 19.1. The van der Waals surface area contributed by atoms with Gasteiger partial charge in [-0.05, 0) is 110 Å². The van der Waals surface area contributed by atoms with E-state index in [1.165, 1.54) is 12.1 Å². The third kappa shape index (κ3) is 4.02. The van der Waals surface area contributed by atoms with E-state index in [0.717, 1.165) is 49.7 Å². The van der Waals surface area contributed by atoms with Crippen LogP contribution in [0.25, 0.3) is 0 Å². The van der Waals surface area contributed by atoms with Crippen LogP contribution in [0, 0.1) is 57.1 Å². The third-order valence-corrected chi connectivity index (χ3v) is 14.5. The zero-order valence-electron chi connectivity index (χ0n) is 27.0. The van der Waals surface area contributed by atoms with Gasteiger partial charge in [-0.2, -0.15) is 0 Å². The molecular weight excluding hydrogens is 544 g/mol. The van der Waals surface area contributed by atoms with E-state index < -0.39 is 22.6 Å². The van der Waals surface area contributed by atoms with Gasteiger partial charge in [-0.1, -0.05) is 58.9 Å². The third-order valence-electron chi connectivity index (χ3n) is 14.5. The lowest BCUT2D eigenvalue weighted by molar-refractivity contribution is -0.297. The Hall–Kier alpha value is -2.24. The van der Waals surface area contributed by atoms with Crippen molar-refractivity contribution in [3.63, 3.8) is 0 Å². The van der Waals surface area contributed by atoms with Crippen molar-refractivity contribution in [1.29, 1.82) is 0 Å². The van der Waals surface area contributed by atoms with Gasteiger partial charge in [0.05, 0.1) is 5.41 Å². The molecule has 4 nitrogen and oxygen atoms in total. The number of amides is 1. The number of benzene rings is 1. The highest BCUT2D eigenvalue weighted by molar-refractivity contribution is 5.82. The molecule has 1 saturated heterocycles. The van der Waals surface area contributed by atoms with Crippen molar-refractivity contribution >= 4 is 11.9 Å². The molecule has 1 aromatic carbocycles. The summed E-state index contributed by atoms with van der Waals surface area (Å²) in [6.45, 7) is 18.2. The number of ether oxygens (including phenoxy) is 1. The highest BCUT2D eigenvalue weighted by Gasteiger charge is 2.83. The van der Waals surface area contributed by atoms with Crippen LogP contribution in [0.3, 0.4) is 0 Å². The van der Waals surface area contributed by atoms with Crippen molar-refractivity contribution in [2.75, 3.05) is 0 Å². The molecule has 43 heavy (non-hydrogen) atoms. The summed E-state index contributed by atoms with van der Waals surface area (Å²) in [4.78, 5) is 27.0. The van der Waals surface area contributed by atoms with E-state index in [4.69, 9.17) is 4.74 Å². The first-order chi connectivity index (χ1) is 20.2. The second-order valence-electron chi connectivity index (χ2n) is 16.0. The van der Waals surface area contributed by atoms with E-state index in [-0.39, 0.29) is 52.2 Å². The molecular formula is C37H51F2NO3. The quantitative estimate of drug-likeness (QED) is 0.266. The summed E-state index contributed by atoms with van der Waals surface area (Å²) in [7, 11) is 0. The number of esters is 1. The van der Waals surface area contributed by atoms with Crippen molar-refractivity contribution < 1.29 is 23.1 Å². The molecule has 2 bridgehead atoms. The molecule has 1 spiro atoms. The molecule has 1 amide bonds. The van der Waals surface area contributed by atoms with Gasteiger partial charge in [0.15, 0.2) is 5.60 Å². The molecule has 0 aromatic heterocycles. The summed E-state index contributed by atoms with van der Waals surface area (Å²) in [6.07, 6.45) is 5.36. The number of rotatable bonds is 6. The fraction of sp³-hybridized carbons (Fsp3) is 0.730. The molecule has 5 fully saturated rings. The summed E-state index contributed by atoms with van der Waals surface area (Å²) in [6, 6.07) is 6.17. The number of nitrogens with one attached hydrogen (secondary N) is 1. The molecule has 4 saturated carbocycles. The van der Waals surface area contributed by atoms with Crippen LogP contribution < -0.4 is 5.32 Å². The van der Waals surface area contributed by atoms with Gasteiger partial charge < -0.3 is 10.1 Å². The average Bonchev–Trinajstić information content (AvgIpc) is 3.18. The van der Waals surface area contributed by atoms with Crippen molar-refractivity contribution in [3.8, 4) is 0 Å². The number of halogens is 2. The van der Waals surface area contributed by atoms with Gasteiger partial charge in [-0.3, -0.25) is 9.59 Å². The second kappa shape index (κ2) is 10.1. The summed E-state index contributed by atoms with van der Waals surface area (Å²) < 4.78 is 37.3. The molecule has 1 N–H and O–H groups in total. The predicted molar refractivity (Wildman–Crippen MR) is 164 cm³/mol. The Morgan fingerprint density at radius 3 is 2.44 bits per heavy atom. The smallest absolute Gasteiger partial charge is 0.313 e. The maximum Gasteiger partial charge on any atom is 0.313 e. The van der Waals surface area contributed by atoms with E-state index in [0.29, 0.717) is 31.7 Å². The topological polar surface area (TPSA) is 55.4 Å². The van der Waals surface area contributed by atoms with Crippen LogP contribution in [0.2, 0.25) is 0 Å². The fourth-order valence-electron chi connectivity index (χ4n) is 11.8. The number of carbonyl (C=O) groups is 2. The van der Waals surface area contributed by atoms with Crippen LogP contribution >= 0.6 is 0 Å². The molecule has 4 aliphatic carbocycles. The highest BCUT2D eigenvalue weighted by Crippen LogP contribution is 2.80. The van der Waals surface area contributed by atoms with Crippen LogP contribution in [0.15, 0.2) is 36.4 Å². The minimum atomic E-state index is -1.24. The van der Waals surface area contributed by atoms with Gasteiger partial charge in [0.1, 0.15) is 12.0 Å². The minimum absolute atomic E-state index is 0.0223. The summed E-state index contributed by atoms with van der Waals surface area (Å²) in [5.74, 6) is 0.282. The van der Waals surface area contributed by atoms with Crippen molar-refractivity contribution in [2.45, 2.75) is 118 Å². The molecule has 1 heterocycles. The van der Waals surface area contributed by atoms with Gasteiger partial charge >= 0.3 is 5.97 Å². The Morgan fingerprint density at radius 2 is 1.77 bits per heavy atom. The lowest BCUT2D eigenvalue weighted by atomic mass is 9.31. The molecule has 236 valence electrons. The van der Waals surface area contributed by atoms with Crippen LogP contribution in [0.4, 0.5) is 8.78 Å².